The van der Waals surface area contributed by atoms with E-state index in [0.29, 0.717) is 24.7 Å². The molecule has 0 unspecified atom stereocenters. The molecule has 3 nitrogen and oxygen atoms in total. The summed E-state index contributed by atoms with van der Waals surface area (Å²) in [5.41, 5.74) is 3.19. The van der Waals surface area contributed by atoms with E-state index >= 15 is 0 Å². The molecule has 132 valence electrons. The zero-order valence-electron chi connectivity index (χ0n) is 13.6. The minimum absolute atomic E-state index is 0. The van der Waals surface area contributed by atoms with Crippen molar-refractivity contribution in [3.63, 3.8) is 0 Å². The van der Waals surface area contributed by atoms with Gasteiger partial charge < -0.3 is 4.90 Å². The molecule has 0 radical (unpaired) electrons. The molecular weight excluding hydrogens is 362 g/mol. The number of amides is 1. The predicted octanol–water partition coefficient (Wildman–Crippen LogP) is 3.78. The van der Waals surface area contributed by atoms with Crippen molar-refractivity contribution in [3.05, 3.63) is 70.0 Å². The fraction of sp³-hybridized carbons (Fsp3) is 0.316. The van der Waals surface area contributed by atoms with Gasteiger partial charge in [-0.2, -0.15) is 0 Å². The van der Waals surface area contributed by atoms with E-state index in [9.17, 15) is 9.18 Å². The molecule has 2 aliphatic heterocycles. The van der Waals surface area contributed by atoms with Crippen LogP contribution in [0.25, 0.3) is 0 Å². The van der Waals surface area contributed by atoms with E-state index in [0.717, 1.165) is 19.5 Å². The normalized spacial score (nSPS) is 17.4. The molecule has 0 N–H and O–H groups in total. The Balaban J connectivity index is 0.00000182. The Morgan fingerprint density at radius 2 is 1.84 bits per heavy atom. The number of halogens is 3. The summed E-state index contributed by atoms with van der Waals surface area (Å²) in [5.74, 6) is -0.543. The van der Waals surface area contributed by atoms with E-state index in [4.69, 9.17) is 11.6 Å². The van der Waals surface area contributed by atoms with E-state index in [1.807, 2.05) is 0 Å². The third-order valence-corrected chi connectivity index (χ3v) is 5.30. The lowest BCUT2D eigenvalue weighted by Crippen LogP contribution is -2.61. The second-order valence-electron chi connectivity index (χ2n) is 6.48. The quantitative estimate of drug-likeness (QED) is 0.791. The molecule has 2 heterocycles. The average molecular weight is 381 g/mol. The zero-order chi connectivity index (χ0) is 16.7. The van der Waals surface area contributed by atoms with Crippen molar-refractivity contribution in [1.29, 1.82) is 0 Å². The topological polar surface area (TPSA) is 23.6 Å². The Kier molecular flexibility index (Phi) is 5.32. The number of carbonyl (C=O) groups is 1. The first-order valence-corrected chi connectivity index (χ1v) is 8.55. The third kappa shape index (κ3) is 3.52. The maximum absolute atomic E-state index is 13.1. The molecule has 0 bridgehead atoms. The molecule has 1 amide bonds. The Morgan fingerprint density at radius 1 is 1.12 bits per heavy atom. The molecule has 2 aliphatic rings. The van der Waals surface area contributed by atoms with Crippen molar-refractivity contribution in [3.8, 4) is 0 Å². The lowest BCUT2D eigenvalue weighted by Gasteiger charge is -2.47. The minimum Gasteiger partial charge on any atom is -0.335 e. The van der Waals surface area contributed by atoms with Crippen LogP contribution in [-0.4, -0.2) is 41.4 Å². The molecule has 0 aromatic heterocycles. The number of rotatable bonds is 2. The molecule has 2 aromatic carbocycles. The Hall–Kier alpha value is -1.62. The molecular formula is C19H19Cl2FN2O. The monoisotopic (exact) mass is 380 g/mol. The zero-order valence-corrected chi connectivity index (χ0v) is 15.2. The number of hydrogen-bond acceptors (Lipinski definition) is 2. The fourth-order valence-electron chi connectivity index (χ4n) is 3.51. The largest absolute Gasteiger partial charge is 0.335 e. The van der Waals surface area contributed by atoms with Gasteiger partial charge in [0, 0.05) is 32.2 Å². The summed E-state index contributed by atoms with van der Waals surface area (Å²) in [7, 11) is 0. The second kappa shape index (κ2) is 7.32. The van der Waals surface area contributed by atoms with Crippen molar-refractivity contribution in [2.75, 3.05) is 19.6 Å². The second-order valence-corrected chi connectivity index (χ2v) is 6.88. The molecule has 0 saturated carbocycles. The van der Waals surface area contributed by atoms with Crippen molar-refractivity contribution in [2.45, 2.75) is 19.0 Å². The third-order valence-electron chi connectivity index (χ3n) is 4.99. The smallest absolute Gasteiger partial charge is 0.255 e. The van der Waals surface area contributed by atoms with Crippen molar-refractivity contribution >= 4 is 29.9 Å². The van der Waals surface area contributed by atoms with E-state index in [1.165, 1.54) is 29.3 Å². The van der Waals surface area contributed by atoms with E-state index in [2.05, 4.69) is 29.2 Å². The summed E-state index contributed by atoms with van der Waals surface area (Å²) in [5, 5.41) is 0.176. The molecule has 0 aliphatic carbocycles. The van der Waals surface area contributed by atoms with Crippen LogP contribution in [0.15, 0.2) is 42.5 Å². The van der Waals surface area contributed by atoms with Crippen LogP contribution in [0, 0.1) is 5.82 Å². The van der Waals surface area contributed by atoms with E-state index < -0.39 is 5.82 Å². The van der Waals surface area contributed by atoms with Crippen LogP contribution in [0.5, 0.6) is 0 Å². The Labute approximate surface area is 157 Å². The highest BCUT2D eigenvalue weighted by Crippen LogP contribution is 2.27. The van der Waals surface area contributed by atoms with Gasteiger partial charge in [-0.05, 0) is 35.7 Å². The molecule has 2 aromatic rings. The van der Waals surface area contributed by atoms with Crippen LogP contribution in [0.3, 0.4) is 0 Å². The molecule has 1 fully saturated rings. The van der Waals surface area contributed by atoms with Gasteiger partial charge in [0.05, 0.1) is 10.6 Å². The molecule has 0 atom stereocenters. The van der Waals surface area contributed by atoms with Crippen LogP contribution < -0.4 is 0 Å². The number of benzene rings is 2. The number of fused-ring (bicyclic) bond motifs is 1. The predicted molar refractivity (Wildman–Crippen MR) is 98.9 cm³/mol. The van der Waals surface area contributed by atoms with Gasteiger partial charge in [-0.25, -0.2) is 4.39 Å². The van der Waals surface area contributed by atoms with Gasteiger partial charge in [-0.15, -0.1) is 12.4 Å². The fourth-order valence-corrected chi connectivity index (χ4v) is 3.76. The van der Waals surface area contributed by atoms with Crippen molar-refractivity contribution in [2.24, 2.45) is 0 Å². The molecule has 4 rings (SSSR count). The molecule has 0 spiro atoms. The van der Waals surface area contributed by atoms with Gasteiger partial charge in [0.2, 0.25) is 0 Å². The first-order chi connectivity index (χ1) is 11.6. The highest BCUT2D eigenvalue weighted by molar-refractivity contribution is 6.33. The Bertz CT molecular complexity index is 793. The molecule has 1 saturated heterocycles. The van der Waals surface area contributed by atoms with Gasteiger partial charge in [-0.1, -0.05) is 35.9 Å². The summed E-state index contributed by atoms with van der Waals surface area (Å²) >= 11 is 5.99. The number of nitrogens with zero attached hydrogens (tertiary/aromatic N) is 2. The van der Waals surface area contributed by atoms with Gasteiger partial charge >= 0.3 is 0 Å². The van der Waals surface area contributed by atoms with Gasteiger partial charge in [0.25, 0.3) is 5.91 Å². The Morgan fingerprint density at radius 3 is 2.56 bits per heavy atom. The van der Waals surface area contributed by atoms with Gasteiger partial charge in [-0.3, -0.25) is 9.69 Å². The van der Waals surface area contributed by atoms with Crippen molar-refractivity contribution < 1.29 is 9.18 Å². The summed E-state index contributed by atoms with van der Waals surface area (Å²) in [6.07, 6.45) is 1.06. The van der Waals surface area contributed by atoms with Crippen LogP contribution in [-0.2, 0) is 13.0 Å². The van der Waals surface area contributed by atoms with E-state index in [1.54, 1.807) is 4.90 Å². The standard InChI is InChI=1S/C19H18ClFN2O.ClH/c20-18-9-15(21)5-6-17(18)19(24)23-11-16(12-23)22-8-7-13-3-1-2-4-14(13)10-22;/h1-6,9,16H,7-8,10-12H2;1H. The van der Waals surface area contributed by atoms with Gasteiger partial charge in [0.1, 0.15) is 5.82 Å². The van der Waals surface area contributed by atoms with Gasteiger partial charge in [0.15, 0.2) is 0 Å². The van der Waals surface area contributed by atoms with E-state index in [-0.39, 0.29) is 23.3 Å². The van der Waals surface area contributed by atoms with Crippen LogP contribution in [0.4, 0.5) is 4.39 Å². The summed E-state index contributed by atoms with van der Waals surface area (Å²) in [4.78, 5) is 16.7. The maximum atomic E-state index is 13.1. The maximum Gasteiger partial charge on any atom is 0.255 e. The minimum atomic E-state index is -0.426. The van der Waals surface area contributed by atoms with Crippen LogP contribution in [0.1, 0.15) is 21.5 Å². The van der Waals surface area contributed by atoms with Crippen LogP contribution >= 0.6 is 24.0 Å². The van der Waals surface area contributed by atoms with Crippen molar-refractivity contribution in [1.82, 2.24) is 9.80 Å². The van der Waals surface area contributed by atoms with Crippen LogP contribution in [0.2, 0.25) is 5.02 Å². The number of hydrogen-bond donors (Lipinski definition) is 0. The number of likely N-dealkylation sites (tertiary alicyclic amines) is 1. The lowest BCUT2D eigenvalue weighted by molar-refractivity contribution is 0.0218. The highest BCUT2D eigenvalue weighted by Gasteiger charge is 2.36. The number of carbonyl (C=O) groups excluding carboxylic acids is 1. The summed E-state index contributed by atoms with van der Waals surface area (Å²) in [6, 6.07) is 12.9. The summed E-state index contributed by atoms with van der Waals surface area (Å²) in [6.45, 7) is 3.38. The molecule has 25 heavy (non-hydrogen) atoms. The molecule has 6 heteroatoms. The first kappa shape index (κ1) is 18.2. The highest BCUT2D eigenvalue weighted by atomic mass is 35.5. The first-order valence-electron chi connectivity index (χ1n) is 8.17. The summed E-state index contributed by atoms with van der Waals surface area (Å²) < 4.78 is 13.1. The SMILES string of the molecule is Cl.O=C(c1ccc(F)cc1Cl)N1CC(N2CCc3ccccc3C2)C1. The lowest BCUT2D eigenvalue weighted by atomic mass is 9.96. The average Bonchev–Trinajstić information content (AvgIpc) is 2.53.